The first-order valence-corrected chi connectivity index (χ1v) is 11.0. The molecule has 0 saturated heterocycles. The average molecular weight is 526 g/mol. The Balaban J connectivity index is 1.54. The number of carbonyl (C=O) groups excluding carboxylic acids is 1. The van der Waals surface area contributed by atoms with Crippen LogP contribution in [0.25, 0.3) is 22.2 Å². The number of benzene rings is 1. The van der Waals surface area contributed by atoms with Crippen LogP contribution in [0.15, 0.2) is 45.6 Å². The molecule has 14 heteroatoms. The average Bonchev–Trinajstić information content (AvgIpc) is 3.24. The molecule has 0 aliphatic rings. The van der Waals surface area contributed by atoms with E-state index in [2.05, 4.69) is 20.0 Å². The zero-order chi connectivity index (χ0) is 25.5. The molecule has 3 aromatic heterocycles. The number of thiazole rings is 1. The largest absolute Gasteiger partial charge is 0.573 e. The molecule has 182 valence electrons. The Kier molecular flexibility index (Phi) is 6.38. The van der Waals surface area contributed by atoms with Crippen molar-refractivity contribution in [3.05, 3.63) is 67.4 Å². The molecule has 1 amide bonds. The number of anilines is 1. The second kappa shape index (κ2) is 9.15. The van der Waals surface area contributed by atoms with Crippen LogP contribution < -0.4 is 21.3 Å². The van der Waals surface area contributed by atoms with E-state index in [1.165, 1.54) is 43.2 Å². The first-order valence-electron chi connectivity index (χ1n) is 9.78. The fourth-order valence-electron chi connectivity index (χ4n) is 3.38. The standard InChI is InChI=1S/C21H15ClF3N5O4S/c1-29-14-8-26-7-11(17(14)18(32)30(2)20(29)33)6-16(31)28-19-27-13(9-35-19)10-3-4-15(12(22)5-10)34-21(23,24)25/h3-5,7-9H,6H2,1-2H3,(H,27,28,31). The Morgan fingerprint density at radius 1 is 1.20 bits per heavy atom. The van der Waals surface area contributed by atoms with Crippen LogP contribution in [0.3, 0.4) is 0 Å². The summed E-state index contributed by atoms with van der Waals surface area (Å²) < 4.78 is 43.3. The number of pyridine rings is 1. The Morgan fingerprint density at radius 2 is 1.94 bits per heavy atom. The maximum absolute atomic E-state index is 12.7. The van der Waals surface area contributed by atoms with E-state index < -0.39 is 29.3 Å². The van der Waals surface area contributed by atoms with Crippen LogP contribution in [-0.2, 0) is 25.3 Å². The molecule has 4 rings (SSSR count). The molecule has 0 fully saturated rings. The van der Waals surface area contributed by atoms with Gasteiger partial charge in [-0.15, -0.1) is 24.5 Å². The van der Waals surface area contributed by atoms with Crippen LogP contribution in [0.1, 0.15) is 5.56 Å². The Morgan fingerprint density at radius 3 is 2.63 bits per heavy atom. The molecule has 35 heavy (non-hydrogen) atoms. The fourth-order valence-corrected chi connectivity index (χ4v) is 4.33. The van der Waals surface area contributed by atoms with E-state index >= 15 is 0 Å². The van der Waals surface area contributed by atoms with E-state index in [1.54, 1.807) is 5.38 Å². The predicted octanol–water partition coefficient (Wildman–Crippen LogP) is 3.49. The lowest BCUT2D eigenvalue weighted by atomic mass is 10.1. The third kappa shape index (κ3) is 5.05. The number of hydrogen-bond acceptors (Lipinski definition) is 7. The molecule has 0 unspecified atom stereocenters. The number of nitrogens with one attached hydrogen (secondary N) is 1. The maximum Gasteiger partial charge on any atom is 0.573 e. The number of fused-ring (bicyclic) bond motifs is 1. The van der Waals surface area contributed by atoms with Crippen molar-refractivity contribution in [1.29, 1.82) is 0 Å². The summed E-state index contributed by atoms with van der Waals surface area (Å²) in [6, 6.07) is 3.70. The first-order chi connectivity index (χ1) is 16.4. The van der Waals surface area contributed by atoms with Crippen molar-refractivity contribution in [3.63, 3.8) is 0 Å². The first kappa shape index (κ1) is 24.4. The smallest absolute Gasteiger partial charge is 0.404 e. The second-order valence-electron chi connectivity index (χ2n) is 7.35. The molecule has 0 spiro atoms. The van der Waals surface area contributed by atoms with Gasteiger partial charge in [0, 0.05) is 31.2 Å². The number of aromatic nitrogens is 4. The van der Waals surface area contributed by atoms with Gasteiger partial charge in [-0.2, -0.15) is 0 Å². The highest BCUT2D eigenvalue weighted by Crippen LogP contribution is 2.34. The van der Waals surface area contributed by atoms with E-state index in [9.17, 15) is 27.6 Å². The molecular weight excluding hydrogens is 511 g/mol. The summed E-state index contributed by atoms with van der Waals surface area (Å²) in [6.45, 7) is 0. The zero-order valence-electron chi connectivity index (χ0n) is 18.0. The van der Waals surface area contributed by atoms with E-state index in [1.807, 2.05) is 0 Å². The number of aryl methyl sites for hydroxylation is 1. The van der Waals surface area contributed by atoms with E-state index in [-0.39, 0.29) is 22.0 Å². The number of hydrogen-bond donors (Lipinski definition) is 1. The van der Waals surface area contributed by atoms with Crippen LogP contribution in [0.5, 0.6) is 5.75 Å². The summed E-state index contributed by atoms with van der Waals surface area (Å²) in [5.74, 6) is -1.03. The van der Waals surface area contributed by atoms with Crippen LogP contribution in [0.4, 0.5) is 18.3 Å². The minimum atomic E-state index is -4.87. The number of carbonyl (C=O) groups is 1. The number of rotatable bonds is 5. The zero-order valence-corrected chi connectivity index (χ0v) is 19.6. The Hall–Kier alpha value is -3.71. The van der Waals surface area contributed by atoms with Gasteiger partial charge in [0.25, 0.3) is 5.56 Å². The Labute approximate surface area is 203 Å². The highest BCUT2D eigenvalue weighted by Gasteiger charge is 2.32. The van der Waals surface area contributed by atoms with E-state index in [0.717, 1.165) is 22.0 Å². The lowest BCUT2D eigenvalue weighted by Crippen LogP contribution is -2.37. The lowest BCUT2D eigenvalue weighted by Gasteiger charge is -2.10. The van der Waals surface area contributed by atoms with Gasteiger partial charge >= 0.3 is 12.1 Å². The third-order valence-electron chi connectivity index (χ3n) is 5.01. The van der Waals surface area contributed by atoms with Gasteiger partial charge in [0.15, 0.2) is 5.13 Å². The van der Waals surface area contributed by atoms with Crippen molar-refractivity contribution in [2.75, 3.05) is 5.32 Å². The quantitative estimate of drug-likeness (QED) is 0.427. The van der Waals surface area contributed by atoms with Crippen molar-refractivity contribution >= 4 is 44.9 Å². The van der Waals surface area contributed by atoms with Gasteiger partial charge < -0.3 is 10.1 Å². The predicted molar refractivity (Wildman–Crippen MR) is 124 cm³/mol. The van der Waals surface area contributed by atoms with E-state index in [4.69, 9.17) is 11.6 Å². The molecule has 4 aromatic rings. The summed E-state index contributed by atoms with van der Waals surface area (Å²) in [6.07, 6.45) is -2.32. The summed E-state index contributed by atoms with van der Waals surface area (Å²) in [5, 5.41) is 4.39. The minimum absolute atomic E-state index is 0.204. The summed E-state index contributed by atoms with van der Waals surface area (Å²) in [7, 11) is 2.85. The van der Waals surface area contributed by atoms with Gasteiger partial charge in [0.05, 0.1) is 34.2 Å². The number of halogens is 4. The fraction of sp³-hybridized carbons (Fsp3) is 0.190. The monoisotopic (exact) mass is 525 g/mol. The van der Waals surface area contributed by atoms with E-state index in [0.29, 0.717) is 22.3 Å². The molecule has 0 atom stereocenters. The molecule has 0 aliphatic carbocycles. The Bertz CT molecular complexity index is 1580. The molecule has 1 N–H and O–H groups in total. The summed E-state index contributed by atoms with van der Waals surface area (Å²) >= 11 is 6.98. The van der Waals surface area contributed by atoms with Gasteiger partial charge in [-0.1, -0.05) is 11.6 Å². The van der Waals surface area contributed by atoms with Crippen molar-refractivity contribution in [2.24, 2.45) is 14.1 Å². The van der Waals surface area contributed by atoms with Crippen molar-refractivity contribution in [2.45, 2.75) is 12.8 Å². The van der Waals surface area contributed by atoms with Crippen LogP contribution in [0, 0.1) is 0 Å². The van der Waals surface area contributed by atoms with Gasteiger partial charge in [0.1, 0.15) is 5.75 Å². The lowest BCUT2D eigenvalue weighted by molar-refractivity contribution is -0.274. The van der Waals surface area contributed by atoms with Gasteiger partial charge in [-0.3, -0.25) is 23.7 Å². The number of ether oxygens (including phenoxy) is 1. The normalized spacial score (nSPS) is 11.6. The van der Waals surface area contributed by atoms with Crippen molar-refractivity contribution in [3.8, 4) is 17.0 Å². The van der Waals surface area contributed by atoms with Crippen molar-refractivity contribution < 1.29 is 22.7 Å². The maximum atomic E-state index is 12.7. The second-order valence-corrected chi connectivity index (χ2v) is 8.62. The molecule has 3 heterocycles. The summed E-state index contributed by atoms with van der Waals surface area (Å²) in [4.78, 5) is 45.7. The molecule has 0 bridgehead atoms. The molecular formula is C21H15ClF3N5O4S. The van der Waals surface area contributed by atoms with Gasteiger partial charge in [-0.05, 0) is 23.8 Å². The molecule has 0 aliphatic heterocycles. The van der Waals surface area contributed by atoms with Crippen LogP contribution in [-0.4, -0.2) is 31.4 Å². The SMILES string of the molecule is Cn1c(=O)c2c(CC(=O)Nc3nc(-c4ccc(OC(F)(F)F)c(Cl)c4)cs3)cncc2n(C)c1=O. The molecule has 0 radical (unpaired) electrons. The number of amides is 1. The van der Waals surface area contributed by atoms with Crippen molar-refractivity contribution in [1.82, 2.24) is 19.1 Å². The van der Waals surface area contributed by atoms with Crippen LogP contribution in [0.2, 0.25) is 5.02 Å². The number of nitrogens with zero attached hydrogens (tertiary/aromatic N) is 4. The molecule has 0 saturated carbocycles. The van der Waals surface area contributed by atoms with Crippen LogP contribution >= 0.6 is 22.9 Å². The third-order valence-corrected chi connectivity index (χ3v) is 6.07. The highest BCUT2D eigenvalue weighted by molar-refractivity contribution is 7.14. The molecule has 1 aromatic carbocycles. The minimum Gasteiger partial charge on any atom is -0.404 e. The number of alkyl halides is 3. The summed E-state index contributed by atoms with van der Waals surface area (Å²) in [5.41, 5.74) is 0.374. The van der Waals surface area contributed by atoms with Gasteiger partial charge in [0.2, 0.25) is 5.91 Å². The van der Waals surface area contributed by atoms with Gasteiger partial charge in [-0.25, -0.2) is 9.78 Å². The molecule has 9 nitrogen and oxygen atoms in total. The topological polar surface area (TPSA) is 108 Å². The highest BCUT2D eigenvalue weighted by atomic mass is 35.5.